The van der Waals surface area contributed by atoms with Crippen molar-refractivity contribution in [3.05, 3.63) is 58.8 Å². The Bertz CT molecular complexity index is 1280. The first-order chi connectivity index (χ1) is 16.0. The molecule has 1 saturated carbocycles. The quantitative estimate of drug-likeness (QED) is 0.401. The third-order valence-electron chi connectivity index (χ3n) is 5.70. The number of ether oxygens (including phenoxy) is 2. The molecule has 0 atom stereocenters. The summed E-state index contributed by atoms with van der Waals surface area (Å²) in [4.78, 5) is 25.6. The molecule has 1 heterocycles. The van der Waals surface area contributed by atoms with Crippen molar-refractivity contribution >= 4 is 22.8 Å². The first kappa shape index (κ1) is 23.5. The van der Waals surface area contributed by atoms with Gasteiger partial charge in [0.05, 0.1) is 11.9 Å². The van der Waals surface area contributed by atoms with E-state index < -0.39 is 47.8 Å². The second-order valence-electron chi connectivity index (χ2n) is 7.91. The van der Waals surface area contributed by atoms with E-state index in [-0.39, 0.29) is 33.8 Å². The highest BCUT2D eigenvalue weighted by Gasteiger charge is 2.32. The summed E-state index contributed by atoms with van der Waals surface area (Å²) in [5.41, 5.74) is -0.244. The van der Waals surface area contributed by atoms with Crippen LogP contribution in [0.25, 0.3) is 10.9 Å². The first-order valence-electron chi connectivity index (χ1n) is 10.3. The minimum atomic E-state index is -4.92. The highest BCUT2D eigenvalue weighted by molar-refractivity contribution is 6.05. The average molecular weight is 483 g/mol. The summed E-state index contributed by atoms with van der Waals surface area (Å²) >= 11 is 0. The number of benzene rings is 2. The van der Waals surface area contributed by atoms with Gasteiger partial charge >= 0.3 is 12.3 Å². The molecule has 3 aromatic rings. The number of aromatic hydroxyl groups is 1. The molecule has 4 rings (SSSR count). The van der Waals surface area contributed by atoms with E-state index in [0.717, 1.165) is 41.3 Å². The highest BCUT2D eigenvalue weighted by Crippen LogP contribution is 2.36. The van der Waals surface area contributed by atoms with Crippen LogP contribution in [-0.4, -0.2) is 34.0 Å². The Morgan fingerprint density at radius 3 is 2.35 bits per heavy atom. The van der Waals surface area contributed by atoms with E-state index in [9.17, 15) is 36.6 Å². The molecule has 1 aliphatic rings. The number of aromatic nitrogens is 1. The summed E-state index contributed by atoms with van der Waals surface area (Å²) in [7, 11) is 0. The molecule has 34 heavy (non-hydrogen) atoms. The van der Waals surface area contributed by atoms with Gasteiger partial charge < -0.3 is 14.6 Å². The normalized spacial score (nSPS) is 14.2. The van der Waals surface area contributed by atoms with Gasteiger partial charge in [-0.1, -0.05) is 0 Å². The molecule has 1 aromatic heterocycles. The molecule has 0 amide bonds. The maximum absolute atomic E-state index is 14.9. The Balaban J connectivity index is 1.76. The van der Waals surface area contributed by atoms with Gasteiger partial charge in [0.1, 0.15) is 11.9 Å². The second kappa shape index (κ2) is 8.62. The molecule has 2 aromatic carbocycles. The molecule has 0 radical (unpaired) electrons. The molecule has 180 valence electrons. The predicted molar refractivity (Wildman–Crippen MR) is 109 cm³/mol. The van der Waals surface area contributed by atoms with Gasteiger partial charge in [-0.05, 0) is 56.0 Å². The molecule has 11 heteroatoms. The number of rotatable bonds is 5. The van der Waals surface area contributed by atoms with Crippen LogP contribution in [0, 0.1) is 18.6 Å². The van der Waals surface area contributed by atoms with E-state index in [1.165, 1.54) is 6.92 Å². The van der Waals surface area contributed by atoms with Crippen LogP contribution >= 0.6 is 0 Å². The van der Waals surface area contributed by atoms with Gasteiger partial charge in [0, 0.05) is 22.7 Å². The lowest BCUT2D eigenvalue weighted by atomic mass is 9.96. The molecule has 0 saturated heterocycles. The third-order valence-corrected chi connectivity index (χ3v) is 5.70. The topological polar surface area (TPSA) is 77.8 Å². The molecule has 0 unspecified atom stereocenters. The number of phenolic OH excluding ortho intramolecular Hbond substituents is 1. The molecule has 1 fully saturated rings. The molecule has 0 spiro atoms. The smallest absolute Gasteiger partial charge is 0.503 e. The van der Waals surface area contributed by atoms with Gasteiger partial charge in [-0.2, -0.15) is 0 Å². The number of hydrogen-bond acceptors (Lipinski definition) is 5. The number of fused-ring (bicyclic) bond motifs is 1. The molecule has 0 aliphatic heterocycles. The van der Waals surface area contributed by atoms with Gasteiger partial charge in [0.15, 0.2) is 17.4 Å². The maximum Gasteiger partial charge on any atom is 0.573 e. The average Bonchev–Trinajstić information content (AvgIpc) is 2.99. The number of phenols is 1. The van der Waals surface area contributed by atoms with Crippen molar-refractivity contribution in [2.24, 2.45) is 0 Å². The van der Waals surface area contributed by atoms with Crippen molar-refractivity contribution in [3.8, 4) is 11.5 Å². The summed E-state index contributed by atoms with van der Waals surface area (Å²) in [6.07, 6.45) is -3.26. The number of nitrogens with zero attached hydrogens (tertiary/aromatic N) is 1. The van der Waals surface area contributed by atoms with Crippen molar-refractivity contribution < 1.29 is 46.1 Å². The van der Waals surface area contributed by atoms with Gasteiger partial charge in [0.2, 0.25) is 0 Å². The minimum absolute atomic E-state index is 0.0255. The van der Waals surface area contributed by atoms with Crippen LogP contribution in [-0.2, 0) is 16.0 Å². The van der Waals surface area contributed by atoms with E-state index in [4.69, 9.17) is 4.74 Å². The summed E-state index contributed by atoms with van der Waals surface area (Å²) < 4.78 is 76.2. The van der Waals surface area contributed by atoms with E-state index in [0.29, 0.717) is 12.8 Å². The molecular formula is C23H18F5NO5. The van der Waals surface area contributed by atoms with Gasteiger partial charge in [0.25, 0.3) is 5.91 Å². The van der Waals surface area contributed by atoms with Crippen LogP contribution in [0.5, 0.6) is 11.5 Å². The standard InChI is InChI=1S/C23H18F5NO5/c1-11-15(9-18(30)33-13-3-2-4-13)19-17(10-16(24)21(31)20(19)25)29(11)22(32)12-5-7-14(8-6-12)34-23(26,27)28/h5-8,10,13,31H,2-4,9H2,1H3. The summed E-state index contributed by atoms with van der Waals surface area (Å²) in [6.45, 7) is 1.40. The monoisotopic (exact) mass is 483 g/mol. The van der Waals surface area contributed by atoms with Crippen molar-refractivity contribution in [1.29, 1.82) is 0 Å². The Morgan fingerprint density at radius 2 is 1.79 bits per heavy atom. The van der Waals surface area contributed by atoms with E-state index in [1.807, 2.05) is 0 Å². The van der Waals surface area contributed by atoms with Gasteiger partial charge in [-0.15, -0.1) is 13.2 Å². The lowest BCUT2D eigenvalue weighted by Gasteiger charge is -2.25. The SMILES string of the molecule is Cc1c(CC(=O)OC2CCC2)c2c(F)c(O)c(F)cc2n1C(=O)c1ccc(OC(F)(F)F)cc1. The van der Waals surface area contributed by atoms with Crippen molar-refractivity contribution in [2.45, 2.75) is 45.1 Å². The van der Waals surface area contributed by atoms with Crippen LogP contribution in [0.3, 0.4) is 0 Å². The number of carbonyl (C=O) groups excluding carboxylic acids is 2. The molecule has 6 nitrogen and oxygen atoms in total. The number of hydrogen-bond donors (Lipinski definition) is 1. The maximum atomic E-state index is 14.9. The fourth-order valence-corrected chi connectivity index (χ4v) is 3.82. The zero-order valence-electron chi connectivity index (χ0n) is 17.7. The molecule has 0 bridgehead atoms. The molecule has 1 N–H and O–H groups in total. The zero-order valence-corrected chi connectivity index (χ0v) is 17.7. The van der Waals surface area contributed by atoms with E-state index >= 15 is 0 Å². The second-order valence-corrected chi connectivity index (χ2v) is 7.91. The van der Waals surface area contributed by atoms with Crippen molar-refractivity contribution in [2.75, 3.05) is 0 Å². The number of carbonyl (C=O) groups is 2. The minimum Gasteiger partial charge on any atom is -0.503 e. The summed E-state index contributed by atoms with van der Waals surface area (Å²) in [6, 6.07) is 4.72. The number of halogens is 5. The first-order valence-corrected chi connectivity index (χ1v) is 10.3. The molecular weight excluding hydrogens is 465 g/mol. The van der Waals surface area contributed by atoms with Crippen LogP contribution < -0.4 is 4.74 Å². The third kappa shape index (κ3) is 4.42. The van der Waals surface area contributed by atoms with E-state index in [2.05, 4.69) is 4.74 Å². The number of alkyl halides is 3. The lowest BCUT2D eigenvalue weighted by molar-refractivity contribution is -0.274. The Morgan fingerprint density at radius 1 is 1.15 bits per heavy atom. The largest absolute Gasteiger partial charge is 0.573 e. The Kier molecular flexibility index (Phi) is 5.96. The Hall–Kier alpha value is -3.63. The fourth-order valence-electron chi connectivity index (χ4n) is 3.82. The highest BCUT2D eigenvalue weighted by atomic mass is 19.4. The summed E-state index contributed by atoms with van der Waals surface area (Å²) in [5.74, 6) is -5.97. The Labute approximate surface area is 189 Å². The number of esters is 1. The van der Waals surface area contributed by atoms with Gasteiger partial charge in [-0.3, -0.25) is 14.2 Å². The van der Waals surface area contributed by atoms with Crippen molar-refractivity contribution in [3.63, 3.8) is 0 Å². The summed E-state index contributed by atoms with van der Waals surface area (Å²) in [5, 5.41) is 9.44. The van der Waals surface area contributed by atoms with Gasteiger partial charge in [-0.25, -0.2) is 8.78 Å². The fraction of sp³-hybridized carbons (Fsp3) is 0.304. The zero-order chi connectivity index (χ0) is 24.8. The predicted octanol–water partition coefficient (Wildman–Crippen LogP) is 5.16. The van der Waals surface area contributed by atoms with Crippen LogP contribution in [0.15, 0.2) is 30.3 Å². The lowest BCUT2D eigenvalue weighted by Crippen LogP contribution is -2.26. The van der Waals surface area contributed by atoms with E-state index in [1.54, 1.807) is 0 Å². The van der Waals surface area contributed by atoms with Crippen LogP contribution in [0.4, 0.5) is 22.0 Å². The molecule has 1 aliphatic carbocycles. The van der Waals surface area contributed by atoms with Crippen molar-refractivity contribution in [1.82, 2.24) is 4.57 Å². The van der Waals surface area contributed by atoms with Crippen LogP contribution in [0.1, 0.15) is 40.9 Å². The van der Waals surface area contributed by atoms with Crippen LogP contribution in [0.2, 0.25) is 0 Å².